The van der Waals surface area contributed by atoms with Crippen LogP contribution < -0.4 is 9.47 Å². The molecule has 0 saturated carbocycles. The third-order valence-electron chi connectivity index (χ3n) is 3.13. The minimum absolute atomic E-state index is 0.199. The zero-order chi connectivity index (χ0) is 15.0. The molecule has 0 radical (unpaired) electrons. The maximum Gasteiger partial charge on any atom is 0.232 e. The minimum Gasteiger partial charge on any atom is -0.493 e. The van der Waals surface area contributed by atoms with Crippen LogP contribution in [0.4, 0.5) is 0 Å². The molecule has 0 spiro atoms. The number of carbonyl (C=O) groups excluding carboxylic acids is 1. The quantitative estimate of drug-likeness (QED) is 0.757. The summed E-state index contributed by atoms with van der Waals surface area (Å²) in [5.74, 6) is 0.960. The van der Waals surface area contributed by atoms with Gasteiger partial charge in [-0.05, 0) is 35.9 Å². The zero-order valence-corrected chi connectivity index (χ0v) is 12.5. The van der Waals surface area contributed by atoms with Gasteiger partial charge in [0.25, 0.3) is 0 Å². The molecule has 2 aromatic carbocycles. The first-order valence-electron chi connectivity index (χ1n) is 6.16. The van der Waals surface area contributed by atoms with Crippen molar-refractivity contribution in [1.82, 2.24) is 0 Å². The molecule has 0 N–H and O–H groups in total. The van der Waals surface area contributed by atoms with Crippen LogP contribution >= 0.6 is 23.2 Å². The Morgan fingerprint density at radius 2 is 2.00 bits per heavy atom. The molecule has 1 heterocycles. The molecule has 0 aromatic heterocycles. The first-order valence-corrected chi connectivity index (χ1v) is 6.92. The first kappa shape index (κ1) is 14.0. The zero-order valence-electron chi connectivity index (χ0n) is 11.0. The maximum atomic E-state index is 12.3. The third kappa shape index (κ3) is 2.50. The smallest absolute Gasteiger partial charge is 0.232 e. The number of allylic oxidation sites excluding steroid dienone is 1. The Labute approximate surface area is 131 Å². The van der Waals surface area contributed by atoms with Crippen LogP contribution in [0.5, 0.6) is 11.5 Å². The van der Waals surface area contributed by atoms with Crippen molar-refractivity contribution < 1.29 is 14.3 Å². The normalized spacial score (nSPS) is 15.0. The predicted octanol–water partition coefficient (Wildman–Crippen LogP) is 4.62. The van der Waals surface area contributed by atoms with Gasteiger partial charge in [-0.2, -0.15) is 0 Å². The molecule has 5 heteroatoms. The fourth-order valence-electron chi connectivity index (χ4n) is 2.10. The molecule has 21 heavy (non-hydrogen) atoms. The highest BCUT2D eigenvalue weighted by Crippen LogP contribution is 2.39. The third-order valence-corrected chi connectivity index (χ3v) is 3.69. The van der Waals surface area contributed by atoms with Gasteiger partial charge in [0, 0.05) is 10.0 Å². The number of hydrogen-bond donors (Lipinski definition) is 0. The SMILES string of the molecule is COc1cccc2c1O/C(=C\c1ccc(Cl)cc1Cl)C2=O. The molecule has 3 rings (SSSR count). The van der Waals surface area contributed by atoms with Crippen molar-refractivity contribution in [3.05, 3.63) is 63.3 Å². The standard InChI is InChI=1S/C16H10Cl2O3/c1-20-13-4-2-3-11-15(19)14(21-16(11)13)7-9-5-6-10(17)8-12(9)18/h2-8H,1H3/b14-7-. The van der Waals surface area contributed by atoms with Crippen LogP contribution in [0.25, 0.3) is 6.08 Å². The molecule has 0 aliphatic carbocycles. The predicted molar refractivity (Wildman–Crippen MR) is 82.4 cm³/mol. The van der Waals surface area contributed by atoms with Crippen molar-refractivity contribution in [3.8, 4) is 11.5 Å². The van der Waals surface area contributed by atoms with Crippen molar-refractivity contribution >= 4 is 35.1 Å². The van der Waals surface area contributed by atoms with Crippen LogP contribution in [0.3, 0.4) is 0 Å². The average Bonchev–Trinajstić information content (AvgIpc) is 2.79. The van der Waals surface area contributed by atoms with Gasteiger partial charge in [0.2, 0.25) is 5.78 Å². The summed E-state index contributed by atoms with van der Waals surface area (Å²) in [5.41, 5.74) is 1.14. The van der Waals surface area contributed by atoms with Crippen LogP contribution in [-0.2, 0) is 0 Å². The van der Waals surface area contributed by atoms with E-state index in [2.05, 4.69) is 0 Å². The summed E-state index contributed by atoms with van der Waals surface area (Å²) < 4.78 is 10.8. The number of para-hydroxylation sites is 1. The molecule has 0 atom stereocenters. The maximum absolute atomic E-state index is 12.3. The summed E-state index contributed by atoms with van der Waals surface area (Å²) in [6.07, 6.45) is 1.60. The number of rotatable bonds is 2. The molecule has 0 saturated heterocycles. The van der Waals surface area contributed by atoms with Crippen molar-refractivity contribution in [2.24, 2.45) is 0 Å². The number of Topliss-reactive ketones (excluding diaryl/α,β-unsaturated/α-hetero) is 1. The van der Waals surface area contributed by atoms with E-state index >= 15 is 0 Å². The van der Waals surface area contributed by atoms with Gasteiger partial charge in [0.15, 0.2) is 17.3 Å². The Morgan fingerprint density at radius 3 is 2.71 bits per heavy atom. The van der Waals surface area contributed by atoms with Crippen LogP contribution in [0.1, 0.15) is 15.9 Å². The number of ketones is 1. The number of halogens is 2. The Morgan fingerprint density at radius 1 is 1.19 bits per heavy atom. The number of ether oxygens (including phenoxy) is 2. The molecule has 1 aliphatic heterocycles. The van der Waals surface area contributed by atoms with Gasteiger partial charge in [0.05, 0.1) is 12.7 Å². The van der Waals surface area contributed by atoms with Gasteiger partial charge >= 0.3 is 0 Å². The van der Waals surface area contributed by atoms with Gasteiger partial charge in [-0.25, -0.2) is 0 Å². The number of hydrogen-bond acceptors (Lipinski definition) is 3. The van der Waals surface area contributed by atoms with E-state index in [0.29, 0.717) is 32.7 Å². The Bertz CT molecular complexity index is 766. The van der Waals surface area contributed by atoms with E-state index in [-0.39, 0.29) is 11.5 Å². The van der Waals surface area contributed by atoms with Crippen LogP contribution in [0, 0.1) is 0 Å². The van der Waals surface area contributed by atoms with E-state index in [9.17, 15) is 4.79 Å². The molecule has 3 nitrogen and oxygen atoms in total. The van der Waals surface area contributed by atoms with Crippen molar-refractivity contribution in [3.63, 3.8) is 0 Å². The van der Waals surface area contributed by atoms with E-state index in [0.717, 1.165) is 0 Å². The van der Waals surface area contributed by atoms with E-state index in [1.807, 2.05) is 0 Å². The lowest BCUT2D eigenvalue weighted by molar-refractivity contribution is 0.101. The number of benzene rings is 2. The highest BCUT2D eigenvalue weighted by atomic mass is 35.5. The summed E-state index contributed by atoms with van der Waals surface area (Å²) in [6, 6.07) is 10.2. The highest BCUT2D eigenvalue weighted by Gasteiger charge is 2.30. The number of carbonyl (C=O) groups is 1. The first-order chi connectivity index (χ1) is 10.1. The lowest BCUT2D eigenvalue weighted by Gasteiger charge is -2.05. The van der Waals surface area contributed by atoms with Crippen molar-refractivity contribution in [1.29, 1.82) is 0 Å². The van der Waals surface area contributed by atoms with Crippen molar-refractivity contribution in [2.75, 3.05) is 7.11 Å². The molecule has 1 aliphatic rings. The van der Waals surface area contributed by atoms with E-state index < -0.39 is 0 Å². The lowest BCUT2D eigenvalue weighted by Crippen LogP contribution is -1.98. The second kappa shape index (κ2) is 5.43. The summed E-state index contributed by atoms with van der Waals surface area (Å²) in [7, 11) is 1.53. The monoisotopic (exact) mass is 320 g/mol. The molecule has 0 fully saturated rings. The van der Waals surface area contributed by atoms with Crippen molar-refractivity contribution in [2.45, 2.75) is 0 Å². The van der Waals surface area contributed by atoms with Gasteiger partial charge in [-0.1, -0.05) is 35.3 Å². The minimum atomic E-state index is -0.199. The van der Waals surface area contributed by atoms with Crippen LogP contribution in [-0.4, -0.2) is 12.9 Å². The summed E-state index contributed by atoms with van der Waals surface area (Å²) in [5, 5.41) is 0.986. The molecule has 0 amide bonds. The molecule has 0 bridgehead atoms. The van der Waals surface area contributed by atoms with E-state index in [1.165, 1.54) is 7.11 Å². The fourth-order valence-corrected chi connectivity index (χ4v) is 2.57. The topological polar surface area (TPSA) is 35.5 Å². The largest absolute Gasteiger partial charge is 0.493 e. The second-order valence-corrected chi connectivity index (χ2v) is 5.29. The fraction of sp³-hybridized carbons (Fsp3) is 0.0625. The number of methoxy groups -OCH3 is 1. The van der Waals surface area contributed by atoms with E-state index in [4.69, 9.17) is 32.7 Å². The summed E-state index contributed by atoms with van der Waals surface area (Å²) >= 11 is 12.0. The molecular formula is C16H10Cl2O3. The lowest BCUT2D eigenvalue weighted by atomic mass is 10.1. The van der Waals surface area contributed by atoms with E-state index in [1.54, 1.807) is 42.5 Å². The summed E-state index contributed by atoms with van der Waals surface area (Å²) in [4.78, 5) is 12.3. The second-order valence-electron chi connectivity index (χ2n) is 4.44. The highest BCUT2D eigenvalue weighted by molar-refractivity contribution is 6.35. The Kier molecular flexibility index (Phi) is 3.62. The Hall–Kier alpha value is -1.97. The van der Waals surface area contributed by atoms with Crippen LogP contribution in [0.15, 0.2) is 42.2 Å². The van der Waals surface area contributed by atoms with Gasteiger partial charge in [-0.15, -0.1) is 0 Å². The number of fused-ring (bicyclic) bond motifs is 1. The van der Waals surface area contributed by atoms with Gasteiger partial charge in [-0.3, -0.25) is 4.79 Å². The molecular weight excluding hydrogens is 311 g/mol. The van der Waals surface area contributed by atoms with Gasteiger partial charge < -0.3 is 9.47 Å². The molecule has 0 unspecified atom stereocenters. The van der Waals surface area contributed by atoms with Gasteiger partial charge in [0.1, 0.15) is 0 Å². The summed E-state index contributed by atoms with van der Waals surface area (Å²) in [6.45, 7) is 0. The molecule has 106 valence electrons. The molecule has 2 aromatic rings. The van der Waals surface area contributed by atoms with Crippen LogP contribution in [0.2, 0.25) is 10.0 Å². The Balaban J connectivity index is 2.03. The average molecular weight is 321 g/mol.